The summed E-state index contributed by atoms with van der Waals surface area (Å²) in [4.78, 5) is 13.3. The van der Waals surface area contributed by atoms with E-state index in [2.05, 4.69) is 20.3 Å². The fourth-order valence-electron chi connectivity index (χ4n) is 3.30. The molecule has 7 heteroatoms. The molecule has 0 saturated carbocycles. The molecule has 0 saturated heterocycles. The fourth-order valence-corrected chi connectivity index (χ4v) is 3.81. The van der Waals surface area contributed by atoms with Crippen molar-refractivity contribution in [3.63, 3.8) is 0 Å². The summed E-state index contributed by atoms with van der Waals surface area (Å²) in [6.45, 7) is 0. The first-order valence-corrected chi connectivity index (χ1v) is 10.2. The topological polar surface area (TPSA) is 55.1 Å². The second kappa shape index (κ2) is 7.18. The van der Waals surface area contributed by atoms with Gasteiger partial charge in [0, 0.05) is 23.3 Å². The van der Waals surface area contributed by atoms with Crippen molar-refractivity contribution in [2.45, 2.75) is 5.16 Å². The third-order valence-electron chi connectivity index (χ3n) is 4.73. The smallest absolute Gasteiger partial charge is 0.172 e. The zero-order chi connectivity index (χ0) is 19.8. The van der Waals surface area contributed by atoms with E-state index in [1.54, 1.807) is 18.5 Å². The molecule has 2 aromatic carbocycles. The monoisotopic (exact) mass is 401 g/mol. The van der Waals surface area contributed by atoms with Crippen LogP contribution in [0.15, 0.2) is 78.3 Å². The summed E-state index contributed by atoms with van der Waals surface area (Å²) >= 11 is 1.54. The Morgan fingerprint density at radius 1 is 1.00 bits per heavy atom. The number of halogens is 1. The van der Waals surface area contributed by atoms with Crippen molar-refractivity contribution in [2.75, 3.05) is 11.6 Å². The minimum absolute atomic E-state index is 0.321. The van der Waals surface area contributed by atoms with Crippen LogP contribution >= 0.6 is 11.8 Å². The Kier molecular flexibility index (Phi) is 4.37. The molecule has 29 heavy (non-hydrogen) atoms. The molecule has 0 aliphatic rings. The Morgan fingerprint density at radius 3 is 2.66 bits per heavy atom. The first kappa shape index (κ1) is 17.6. The number of hydrogen-bond donors (Lipinski definition) is 1. The Bertz CT molecular complexity index is 1330. The van der Waals surface area contributed by atoms with E-state index in [-0.39, 0.29) is 0 Å². The van der Waals surface area contributed by atoms with Gasteiger partial charge in [0.15, 0.2) is 16.8 Å². The predicted octanol–water partition coefficient (Wildman–Crippen LogP) is 5.55. The second-order valence-corrected chi connectivity index (χ2v) is 7.24. The molecule has 0 radical (unpaired) electrons. The van der Waals surface area contributed by atoms with Gasteiger partial charge >= 0.3 is 0 Å². The number of imidazole rings is 1. The van der Waals surface area contributed by atoms with E-state index >= 15 is 4.39 Å². The van der Waals surface area contributed by atoms with Gasteiger partial charge in [0.2, 0.25) is 0 Å². The number of anilines is 2. The number of nitrogens with zero attached hydrogens (tertiary/aromatic N) is 4. The van der Waals surface area contributed by atoms with Gasteiger partial charge in [0.1, 0.15) is 11.0 Å². The highest BCUT2D eigenvalue weighted by molar-refractivity contribution is 7.98. The SMILES string of the molecule is CSc1ncc2c(Nc3ccc4ccc(-c5ccccc5)nc4c3F)nccn12. The predicted molar refractivity (Wildman–Crippen MR) is 115 cm³/mol. The number of hydrogen-bond acceptors (Lipinski definition) is 5. The zero-order valence-electron chi connectivity index (χ0n) is 15.5. The molecule has 0 amide bonds. The number of benzene rings is 2. The lowest BCUT2D eigenvalue weighted by molar-refractivity contribution is 0.640. The molecule has 0 unspecified atom stereocenters. The van der Waals surface area contributed by atoms with Crippen molar-refractivity contribution < 1.29 is 4.39 Å². The molecular formula is C22H16FN5S. The molecule has 5 aromatic rings. The first-order chi connectivity index (χ1) is 14.2. The number of rotatable bonds is 4. The van der Waals surface area contributed by atoms with Gasteiger partial charge in [0.25, 0.3) is 0 Å². The van der Waals surface area contributed by atoms with Gasteiger partial charge in [-0.25, -0.2) is 19.3 Å². The summed E-state index contributed by atoms with van der Waals surface area (Å²) in [6, 6.07) is 17.1. The molecule has 0 atom stereocenters. The standard InChI is InChI=1S/C22H16FN5S/c1-29-22-25-13-18-21(24-11-12-28(18)22)27-17-10-8-15-7-9-16(26-20(15)19(17)23)14-5-3-2-4-6-14/h2-13H,1H3,(H,24,27). The van der Waals surface area contributed by atoms with Crippen LogP contribution in [0.25, 0.3) is 27.7 Å². The molecule has 3 aromatic heterocycles. The maximum absolute atomic E-state index is 15.3. The van der Waals surface area contributed by atoms with E-state index in [1.165, 1.54) is 11.8 Å². The van der Waals surface area contributed by atoms with Crippen LogP contribution in [0.3, 0.4) is 0 Å². The average Bonchev–Trinajstić information content (AvgIpc) is 3.20. The number of aromatic nitrogens is 4. The normalized spacial score (nSPS) is 11.2. The second-order valence-electron chi connectivity index (χ2n) is 6.46. The molecular weight excluding hydrogens is 385 g/mol. The molecule has 0 aliphatic heterocycles. The van der Waals surface area contributed by atoms with Crippen molar-refractivity contribution in [1.82, 2.24) is 19.4 Å². The van der Waals surface area contributed by atoms with Crippen LogP contribution in [0.2, 0.25) is 0 Å². The minimum Gasteiger partial charge on any atom is -0.336 e. The van der Waals surface area contributed by atoms with Gasteiger partial charge < -0.3 is 5.32 Å². The van der Waals surface area contributed by atoms with Gasteiger partial charge in [-0.2, -0.15) is 0 Å². The van der Waals surface area contributed by atoms with E-state index in [0.29, 0.717) is 17.0 Å². The highest BCUT2D eigenvalue weighted by Gasteiger charge is 2.13. The highest BCUT2D eigenvalue weighted by atomic mass is 32.2. The van der Waals surface area contributed by atoms with Crippen LogP contribution in [-0.4, -0.2) is 25.6 Å². The van der Waals surface area contributed by atoms with E-state index in [9.17, 15) is 0 Å². The molecule has 5 nitrogen and oxygen atoms in total. The van der Waals surface area contributed by atoms with Gasteiger partial charge in [-0.15, -0.1) is 0 Å². The van der Waals surface area contributed by atoms with Crippen LogP contribution in [0.4, 0.5) is 15.9 Å². The first-order valence-electron chi connectivity index (χ1n) is 9.02. The maximum Gasteiger partial charge on any atom is 0.172 e. The lowest BCUT2D eigenvalue weighted by Gasteiger charge is -2.11. The number of fused-ring (bicyclic) bond motifs is 2. The summed E-state index contributed by atoms with van der Waals surface area (Å²) < 4.78 is 17.3. The van der Waals surface area contributed by atoms with Gasteiger partial charge in [0.05, 0.1) is 17.6 Å². The molecule has 1 N–H and O–H groups in total. The summed E-state index contributed by atoms with van der Waals surface area (Å²) in [6.07, 6.45) is 7.19. The summed E-state index contributed by atoms with van der Waals surface area (Å²) in [7, 11) is 0. The fraction of sp³-hybridized carbons (Fsp3) is 0.0455. The van der Waals surface area contributed by atoms with Gasteiger partial charge in [-0.05, 0) is 18.4 Å². The van der Waals surface area contributed by atoms with Crippen molar-refractivity contribution in [3.05, 3.63) is 79.0 Å². The maximum atomic E-state index is 15.3. The van der Waals surface area contributed by atoms with Crippen LogP contribution in [-0.2, 0) is 0 Å². The van der Waals surface area contributed by atoms with Crippen LogP contribution in [0, 0.1) is 5.82 Å². The molecule has 0 spiro atoms. The Hall–Kier alpha value is -3.45. The molecule has 0 fully saturated rings. The van der Waals surface area contributed by atoms with Gasteiger partial charge in [-0.3, -0.25) is 4.40 Å². The third kappa shape index (κ3) is 3.09. The zero-order valence-corrected chi connectivity index (χ0v) is 16.3. The highest BCUT2D eigenvalue weighted by Crippen LogP contribution is 2.29. The van der Waals surface area contributed by atoms with Crippen molar-refractivity contribution in [1.29, 1.82) is 0 Å². The van der Waals surface area contributed by atoms with Crippen molar-refractivity contribution in [2.24, 2.45) is 0 Å². The quantitative estimate of drug-likeness (QED) is 0.400. The number of thioether (sulfide) groups is 1. The number of nitrogens with one attached hydrogen (secondary N) is 1. The van der Waals surface area contributed by atoms with Gasteiger partial charge in [-0.1, -0.05) is 54.2 Å². The van der Waals surface area contributed by atoms with Crippen LogP contribution in [0.1, 0.15) is 0 Å². The molecule has 142 valence electrons. The average molecular weight is 401 g/mol. The molecule has 5 rings (SSSR count). The Labute approximate surface area is 170 Å². The number of pyridine rings is 1. The minimum atomic E-state index is -0.409. The van der Waals surface area contributed by atoms with E-state index in [1.807, 2.05) is 65.4 Å². The molecule has 0 bridgehead atoms. The van der Waals surface area contributed by atoms with E-state index < -0.39 is 5.82 Å². The largest absolute Gasteiger partial charge is 0.336 e. The third-order valence-corrected chi connectivity index (χ3v) is 5.40. The summed E-state index contributed by atoms with van der Waals surface area (Å²) in [5, 5.41) is 4.70. The van der Waals surface area contributed by atoms with E-state index in [0.717, 1.165) is 27.3 Å². The van der Waals surface area contributed by atoms with Crippen LogP contribution in [0.5, 0.6) is 0 Å². The molecule has 0 aliphatic carbocycles. The van der Waals surface area contributed by atoms with Crippen molar-refractivity contribution >= 4 is 39.7 Å². The lowest BCUT2D eigenvalue weighted by atomic mass is 10.1. The van der Waals surface area contributed by atoms with Crippen LogP contribution < -0.4 is 5.32 Å². The van der Waals surface area contributed by atoms with E-state index in [4.69, 9.17) is 0 Å². The summed E-state index contributed by atoms with van der Waals surface area (Å²) in [5.41, 5.74) is 3.10. The lowest BCUT2D eigenvalue weighted by Crippen LogP contribution is -2.00. The van der Waals surface area contributed by atoms with Crippen molar-refractivity contribution in [3.8, 4) is 11.3 Å². The molecule has 3 heterocycles. The summed E-state index contributed by atoms with van der Waals surface area (Å²) in [5.74, 6) is 0.131. The Balaban J connectivity index is 1.59. The Morgan fingerprint density at radius 2 is 1.83 bits per heavy atom.